The number of amides is 1. The molecule has 29 heavy (non-hydrogen) atoms. The van der Waals surface area contributed by atoms with Crippen LogP contribution in [0.1, 0.15) is 34.1 Å². The third kappa shape index (κ3) is 4.29. The van der Waals surface area contributed by atoms with E-state index in [9.17, 15) is 4.79 Å². The molecule has 5 nitrogen and oxygen atoms in total. The van der Waals surface area contributed by atoms with Crippen LogP contribution in [0.3, 0.4) is 0 Å². The Morgan fingerprint density at radius 3 is 2.52 bits per heavy atom. The van der Waals surface area contributed by atoms with Crippen molar-refractivity contribution in [2.45, 2.75) is 26.9 Å². The molecule has 4 rings (SSSR count). The molecule has 0 saturated heterocycles. The maximum Gasteiger partial charge on any atom is 0.255 e. The van der Waals surface area contributed by atoms with Gasteiger partial charge in [0, 0.05) is 23.6 Å². The van der Waals surface area contributed by atoms with E-state index < -0.39 is 0 Å². The number of aromatic nitrogens is 2. The van der Waals surface area contributed by atoms with Gasteiger partial charge in [-0.15, -0.1) is 0 Å². The molecular formula is C24H23N3O2. The number of fused-ring (bicyclic) bond motifs is 1. The number of nitrogens with one attached hydrogen (secondary N) is 1. The molecule has 0 saturated carbocycles. The fourth-order valence-corrected chi connectivity index (χ4v) is 3.16. The molecule has 0 fully saturated rings. The predicted octanol–water partition coefficient (Wildman–Crippen LogP) is 5.04. The third-order valence-electron chi connectivity index (χ3n) is 4.85. The number of nitrogens with zero attached hydrogens (tertiary/aromatic N) is 2. The van der Waals surface area contributed by atoms with Crippen molar-refractivity contribution < 1.29 is 9.53 Å². The zero-order chi connectivity index (χ0) is 20.2. The molecule has 0 atom stereocenters. The van der Waals surface area contributed by atoms with Crippen molar-refractivity contribution in [3.8, 4) is 5.75 Å². The Hall–Kier alpha value is -3.60. The van der Waals surface area contributed by atoms with E-state index in [-0.39, 0.29) is 5.91 Å². The molecule has 0 bridgehead atoms. The van der Waals surface area contributed by atoms with Crippen LogP contribution in [0.2, 0.25) is 0 Å². The number of carbonyl (C=O) groups excluding carboxylic acids is 1. The Balaban J connectivity index is 1.37. The van der Waals surface area contributed by atoms with Crippen molar-refractivity contribution in [3.05, 3.63) is 95.4 Å². The normalized spacial score (nSPS) is 10.8. The molecule has 0 aliphatic carbocycles. The van der Waals surface area contributed by atoms with Gasteiger partial charge in [0.2, 0.25) is 0 Å². The number of ether oxygens (including phenoxy) is 1. The zero-order valence-electron chi connectivity index (χ0n) is 16.6. The number of carbonyl (C=O) groups is 1. The molecule has 4 aromatic rings. The van der Waals surface area contributed by atoms with Crippen LogP contribution in [-0.4, -0.2) is 15.3 Å². The second-order valence-electron chi connectivity index (χ2n) is 6.97. The summed E-state index contributed by atoms with van der Waals surface area (Å²) in [6.07, 6.45) is 4.92. The minimum Gasteiger partial charge on any atom is -0.487 e. The van der Waals surface area contributed by atoms with Gasteiger partial charge in [0.1, 0.15) is 18.0 Å². The fourth-order valence-electron chi connectivity index (χ4n) is 3.16. The number of anilines is 1. The average Bonchev–Trinajstić information content (AvgIpc) is 3.18. The van der Waals surface area contributed by atoms with Gasteiger partial charge in [0.05, 0.1) is 5.69 Å². The number of benzene rings is 2. The lowest BCUT2D eigenvalue weighted by molar-refractivity contribution is 0.102. The number of rotatable bonds is 6. The maximum absolute atomic E-state index is 12.4. The summed E-state index contributed by atoms with van der Waals surface area (Å²) < 4.78 is 7.83. The molecule has 0 aliphatic rings. The topological polar surface area (TPSA) is 55.6 Å². The first-order chi connectivity index (χ1) is 14.1. The van der Waals surface area contributed by atoms with Crippen LogP contribution in [0, 0.1) is 6.92 Å². The van der Waals surface area contributed by atoms with E-state index in [1.807, 2.05) is 60.1 Å². The van der Waals surface area contributed by atoms with E-state index in [2.05, 4.69) is 17.2 Å². The quantitative estimate of drug-likeness (QED) is 0.506. The molecule has 0 radical (unpaired) electrons. The highest BCUT2D eigenvalue weighted by atomic mass is 16.5. The lowest BCUT2D eigenvalue weighted by atomic mass is 10.1. The fraction of sp³-hybridized carbons (Fsp3) is 0.167. The van der Waals surface area contributed by atoms with Crippen molar-refractivity contribution in [2.24, 2.45) is 0 Å². The van der Waals surface area contributed by atoms with E-state index >= 15 is 0 Å². The highest BCUT2D eigenvalue weighted by Crippen LogP contribution is 2.17. The molecule has 2 aromatic carbocycles. The second kappa shape index (κ2) is 8.19. The molecule has 0 unspecified atom stereocenters. The van der Waals surface area contributed by atoms with Gasteiger partial charge >= 0.3 is 0 Å². The Morgan fingerprint density at radius 2 is 1.83 bits per heavy atom. The minimum absolute atomic E-state index is 0.142. The lowest BCUT2D eigenvalue weighted by Crippen LogP contribution is -2.11. The lowest BCUT2D eigenvalue weighted by Gasteiger charge is -2.08. The average molecular weight is 385 g/mol. The smallest absolute Gasteiger partial charge is 0.255 e. The molecule has 5 heteroatoms. The Morgan fingerprint density at radius 1 is 1.07 bits per heavy atom. The summed E-state index contributed by atoms with van der Waals surface area (Å²) in [5.41, 5.74) is 5.53. The van der Waals surface area contributed by atoms with E-state index in [1.54, 1.807) is 24.3 Å². The van der Waals surface area contributed by atoms with Crippen LogP contribution < -0.4 is 10.1 Å². The van der Waals surface area contributed by atoms with Gasteiger partial charge in [0.25, 0.3) is 5.91 Å². The van der Waals surface area contributed by atoms with Crippen LogP contribution in [0.25, 0.3) is 5.65 Å². The van der Waals surface area contributed by atoms with E-state index in [1.165, 1.54) is 5.56 Å². The summed E-state index contributed by atoms with van der Waals surface area (Å²) in [6.45, 7) is 4.51. The van der Waals surface area contributed by atoms with Crippen LogP contribution in [0.15, 0.2) is 73.1 Å². The van der Waals surface area contributed by atoms with E-state index in [0.29, 0.717) is 17.9 Å². The summed E-state index contributed by atoms with van der Waals surface area (Å²) in [5.74, 6) is 0.555. The maximum atomic E-state index is 12.4. The molecule has 0 aliphatic heterocycles. The van der Waals surface area contributed by atoms with Crippen LogP contribution in [0.4, 0.5) is 5.69 Å². The third-order valence-corrected chi connectivity index (χ3v) is 4.85. The summed E-state index contributed by atoms with van der Waals surface area (Å²) in [5, 5.41) is 2.91. The van der Waals surface area contributed by atoms with E-state index in [0.717, 1.165) is 29.0 Å². The predicted molar refractivity (Wildman–Crippen MR) is 114 cm³/mol. The Labute approximate surface area is 170 Å². The van der Waals surface area contributed by atoms with Crippen molar-refractivity contribution in [1.82, 2.24) is 9.38 Å². The van der Waals surface area contributed by atoms with Crippen molar-refractivity contribution >= 4 is 17.2 Å². The first-order valence-corrected chi connectivity index (χ1v) is 9.69. The first-order valence-electron chi connectivity index (χ1n) is 9.69. The number of hydrogen-bond donors (Lipinski definition) is 1. The Kier molecular flexibility index (Phi) is 5.29. The zero-order valence-corrected chi connectivity index (χ0v) is 16.6. The second-order valence-corrected chi connectivity index (χ2v) is 6.97. The molecule has 1 N–H and O–H groups in total. The molecule has 1 amide bonds. The first kappa shape index (κ1) is 18.7. The molecule has 2 aromatic heterocycles. The number of imidazole rings is 1. The molecular weight excluding hydrogens is 362 g/mol. The number of aryl methyl sites for hydroxylation is 2. The van der Waals surface area contributed by atoms with E-state index in [4.69, 9.17) is 4.74 Å². The number of pyridine rings is 1. The largest absolute Gasteiger partial charge is 0.487 e. The van der Waals surface area contributed by atoms with Crippen molar-refractivity contribution in [3.63, 3.8) is 0 Å². The molecule has 146 valence electrons. The number of hydrogen-bond acceptors (Lipinski definition) is 3. The van der Waals surface area contributed by atoms with Crippen LogP contribution in [-0.2, 0) is 13.0 Å². The molecule has 2 heterocycles. The van der Waals surface area contributed by atoms with Gasteiger partial charge in [-0.1, -0.05) is 25.1 Å². The minimum atomic E-state index is -0.142. The van der Waals surface area contributed by atoms with Gasteiger partial charge in [0.15, 0.2) is 0 Å². The summed E-state index contributed by atoms with van der Waals surface area (Å²) in [4.78, 5) is 17.0. The summed E-state index contributed by atoms with van der Waals surface area (Å²) in [6, 6.07) is 19.0. The highest BCUT2D eigenvalue weighted by Gasteiger charge is 2.08. The van der Waals surface area contributed by atoms with Gasteiger partial charge in [-0.05, 0) is 66.9 Å². The SMILES string of the molecule is CCc1ccc(NC(=O)c2ccc(OCc3cn4cccc(C)c4n3)cc2)cc1. The van der Waals surface area contributed by atoms with Gasteiger partial charge < -0.3 is 14.5 Å². The Bertz CT molecular complexity index is 1130. The van der Waals surface area contributed by atoms with Crippen molar-refractivity contribution in [1.29, 1.82) is 0 Å². The van der Waals surface area contributed by atoms with Crippen LogP contribution in [0.5, 0.6) is 5.75 Å². The van der Waals surface area contributed by atoms with Gasteiger partial charge in [-0.2, -0.15) is 0 Å². The van der Waals surface area contributed by atoms with Gasteiger partial charge in [-0.3, -0.25) is 4.79 Å². The standard InChI is InChI=1S/C24H23N3O2/c1-3-18-6-10-20(11-7-18)26-24(28)19-8-12-22(13-9-19)29-16-21-15-27-14-4-5-17(2)23(27)25-21/h4-15H,3,16H2,1-2H3,(H,26,28). The monoisotopic (exact) mass is 385 g/mol. The van der Waals surface area contributed by atoms with Gasteiger partial charge in [-0.25, -0.2) is 4.98 Å². The molecule has 0 spiro atoms. The summed E-state index contributed by atoms with van der Waals surface area (Å²) in [7, 11) is 0. The van der Waals surface area contributed by atoms with Crippen molar-refractivity contribution in [2.75, 3.05) is 5.32 Å². The summed E-state index contributed by atoms with van der Waals surface area (Å²) >= 11 is 0. The highest BCUT2D eigenvalue weighted by molar-refractivity contribution is 6.04. The van der Waals surface area contributed by atoms with Crippen LogP contribution >= 0.6 is 0 Å².